The lowest BCUT2D eigenvalue weighted by Gasteiger charge is -2.41. The monoisotopic (exact) mass is 400 g/mol. The summed E-state index contributed by atoms with van der Waals surface area (Å²) in [6, 6.07) is 30.6. The molecule has 3 aromatic carbocycles. The van der Waals surface area contributed by atoms with Crippen LogP contribution in [0.1, 0.15) is 48.4 Å². The fraction of sp³-hybridized carbons (Fsp3) is 0.333. The summed E-state index contributed by atoms with van der Waals surface area (Å²) in [6.45, 7) is 0.674. The molecule has 3 aromatic rings. The van der Waals surface area contributed by atoms with Gasteiger partial charge in [-0.3, -0.25) is 0 Å². The van der Waals surface area contributed by atoms with Gasteiger partial charge in [-0.15, -0.1) is 0 Å². The lowest BCUT2D eigenvalue weighted by molar-refractivity contribution is 0.244. The first kappa shape index (κ1) is 20.6. The van der Waals surface area contributed by atoms with E-state index in [1.165, 1.54) is 16.7 Å². The summed E-state index contributed by atoms with van der Waals surface area (Å²) in [7, 11) is 1.72. The predicted octanol–water partition coefficient (Wildman–Crippen LogP) is 5.21. The lowest BCUT2D eigenvalue weighted by atomic mass is 9.68. The Bertz CT molecular complexity index is 878. The summed E-state index contributed by atoms with van der Waals surface area (Å²) in [4.78, 5) is 0. The van der Waals surface area contributed by atoms with Crippen LogP contribution in [-0.2, 0) is 5.41 Å². The maximum Gasteiger partial charge on any atom is 0.119 e. The largest absolute Gasteiger partial charge is 0.497 e. The molecule has 1 aliphatic rings. The number of hydrogen-bond donors (Lipinski definition) is 2. The molecule has 0 saturated heterocycles. The van der Waals surface area contributed by atoms with E-state index in [4.69, 9.17) is 10.5 Å². The van der Waals surface area contributed by atoms with E-state index in [2.05, 4.69) is 84.2 Å². The van der Waals surface area contributed by atoms with Crippen molar-refractivity contribution in [3.05, 3.63) is 102 Å². The fourth-order valence-corrected chi connectivity index (χ4v) is 4.81. The van der Waals surface area contributed by atoms with E-state index in [0.29, 0.717) is 12.6 Å². The molecule has 0 aromatic heterocycles. The minimum absolute atomic E-state index is 0.0434. The Labute approximate surface area is 180 Å². The topological polar surface area (TPSA) is 47.3 Å². The molecule has 0 atom stereocenters. The van der Waals surface area contributed by atoms with Gasteiger partial charge in [-0.25, -0.2) is 0 Å². The molecule has 3 nitrogen and oxygen atoms in total. The Morgan fingerprint density at radius 1 is 0.900 bits per heavy atom. The number of benzene rings is 3. The quantitative estimate of drug-likeness (QED) is 0.572. The molecular weight excluding hydrogens is 368 g/mol. The molecule has 1 fully saturated rings. The van der Waals surface area contributed by atoms with Crippen molar-refractivity contribution >= 4 is 0 Å². The second-order valence-corrected chi connectivity index (χ2v) is 8.41. The highest BCUT2D eigenvalue weighted by Gasteiger charge is 2.36. The molecule has 0 amide bonds. The standard InChI is InChI=1S/C27H32N2O/c1-30-25-14-8-13-23(19-25)27(20-28)17-15-24(16-18-27)29-26(21-9-4-2-5-10-21)22-11-6-3-7-12-22/h2-14,19,24,26,29H,15-18,20,28H2,1H3/t24-,27-. The van der Waals surface area contributed by atoms with Crippen LogP contribution < -0.4 is 15.8 Å². The van der Waals surface area contributed by atoms with E-state index >= 15 is 0 Å². The van der Waals surface area contributed by atoms with E-state index in [1.807, 2.05) is 6.07 Å². The summed E-state index contributed by atoms with van der Waals surface area (Å²) < 4.78 is 5.45. The Hall–Kier alpha value is -2.62. The van der Waals surface area contributed by atoms with Gasteiger partial charge < -0.3 is 15.8 Å². The van der Waals surface area contributed by atoms with Gasteiger partial charge in [-0.05, 0) is 54.5 Å². The van der Waals surface area contributed by atoms with E-state index < -0.39 is 0 Å². The molecule has 0 bridgehead atoms. The number of nitrogens with two attached hydrogens (primary N) is 1. The predicted molar refractivity (Wildman–Crippen MR) is 124 cm³/mol. The van der Waals surface area contributed by atoms with Gasteiger partial charge in [0.1, 0.15) is 5.75 Å². The molecule has 0 unspecified atom stereocenters. The van der Waals surface area contributed by atoms with Crippen molar-refractivity contribution in [2.75, 3.05) is 13.7 Å². The first-order valence-electron chi connectivity index (χ1n) is 10.9. The second-order valence-electron chi connectivity index (χ2n) is 8.41. The zero-order valence-electron chi connectivity index (χ0n) is 17.8. The normalized spacial score (nSPS) is 21.5. The highest BCUT2D eigenvalue weighted by Crippen LogP contribution is 2.40. The van der Waals surface area contributed by atoms with Crippen LogP contribution in [0.4, 0.5) is 0 Å². The maximum atomic E-state index is 6.33. The summed E-state index contributed by atoms with van der Waals surface area (Å²) in [5.41, 5.74) is 10.3. The Kier molecular flexibility index (Phi) is 6.51. The van der Waals surface area contributed by atoms with Gasteiger partial charge in [-0.1, -0.05) is 72.8 Å². The minimum atomic E-state index is 0.0434. The fourth-order valence-electron chi connectivity index (χ4n) is 4.81. The molecule has 156 valence electrons. The SMILES string of the molecule is COc1cccc([C@]2(CN)CC[C@@H](NC(c3ccccc3)c3ccccc3)CC2)c1. The molecular formula is C27H32N2O. The summed E-state index contributed by atoms with van der Waals surface area (Å²) in [5, 5.41) is 3.96. The molecule has 0 aliphatic heterocycles. The van der Waals surface area contributed by atoms with Crippen molar-refractivity contribution in [2.45, 2.75) is 43.2 Å². The van der Waals surface area contributed by atoms with Crippen LogP contribution in [0, 0.1) is 0 Å². The molecule has 0 heterocycles. The summed E-state index contributed by atoms with van der Waals surface area (Å²) in [5.74, 6) is 0.911. The van der Waals surface area contributed by atoms with Gasteiger partial charge in [-0.2, -0.15) is 0 Å². The van der Waals surface area contributed by atoms with Gasteiger partial charge >= 0.3 is 0 Å². The van der Waals surface area contributed by atoms with Gasteiger partial charge in [0.25, 0.3) is 0 Å². The molecule has 1 saturated carbocycles. The van der Waals surface area contributed by atoms with E-state index in [-0.39, 0.29) is 11.5 Å². The van der Waals surface area contributed by atoms with Crippen molar-refractivity contribution < 1.29 is 4.74 Å². The van der Waals surface area contributed by atoms with Crippen molar-refractivity contribution in [2.24, 2.45) is 5.73 Å². The first-order chi connectivity index (χ1) is 14.7. The first-order valence-corrected chi connectivity index (χ1v) is 10.9. The van der Waals surface area contributed by atoms with Crippen LogP contribution >= 0.6 is 0 Å². The van der Waals surface area contributed by atoms with Gasteiger partial charge in [0, 0.05) is 18.0 Å². The molecule has 0 spiro atoms. The van der Waals surface area contributed by atoms with E-state index in [9.17, 15) is 0 Å². The number of methoxy groups -OCH3 is 1. The van der Waals surface area contributed by atoms with Gasteiger partial charge in [0.05, 0.1) is 13.2 Å². The lowest BCUT2D eigenvalue weighted by Crippen LogP contribution is -2.44. The Morgan fingerprint density at radius 3 is 2.03 bits per heavy atom. The third-order valence-corrected chi connectivity index (χ3v) is 6.68. The average molecular weight is 401 g/mol. The van der Waals surface area contributed by atoms with Crippen LogP contribution in [0.15, 0.2) is 84.9 Å². The Morgan fingerprint density at radius 2 is 1.50 bits per heavy atom. The van der Waals surface area contributed by atoms with Crippen molar-refractivity contribution in [1.29, 1.82) is 0 Å². The Balaban J connectivity index is 1.51. The summed E-state index contributed by atoms with van der Waals surface area (Å²) in [6.07, 6.45) is 4.41. The van der Waals surface area contributed by atoms with Crippen LogP contribution in [0.5, 0.6) is 5.75 Å². The highest BCUT2D eigenvalue weighted by molar-refractivity contribution is 5.35. The van der Waals surface area contributed by atoms with Crippen LogP contribution in [0.2, 0.25) is 0 Å². The zero-order chi connectivity index (χ0) is 20.8. The second kappa shape index (κ2) is 9.46. The van der Waals surface area contributed by atoms with Crippen molar-refractivity contribution in [3.8, 4) is 5.75 Å². The number of ether oxygens (including phenoxy) is 1. The van der Waals surface area contributed by atoms with Crippen LogP contribution in [0.3, 0.4) is 0 Å². The molecule has 4 rings (SSSR count). The van der Waals surface area contributed by atoms with Gasteiger partial charge in [0.2, 0.25) is 0 Å². The molecule has 1 aliphatic carbocycles. The van der Waals surface area contributed by atoms with Crippen molar-refractivity contribution in [3.63, 3.8) is 0 Å². The third-order valence-electron chi connectivity index (χ3n) is 6.68. The van der Waals surface area contributed by atoms with Crippen LogP contribution in [0.25, 0.3) is 0 Å². The minimum Gasteiger partial charge on any atom is -0.497 e. The maximum absolute atomic E-state index is 6.33. The van der Waals surface area contributed by atoms with E-state index in [0.717, 1.165) is 31.4 Å². The molecule has 0 radical (unpaired) electrons. The zero-order valence-corrected chi connectivity index (χ0v) is 17.8. The number of hydrogen-bond acceptors (Lipinski definition) is 3. The van der Waals surface area contributed by atoms with Crippen molar-refractivity contribution in [1.82, 2.24) is 5.32 Å². The highest BCUT2D eigenvalue weighted by atomic mass is 16.5. The van der Waals surface area contributed by atoms with Crippen LogP contribution in [-0.4, -0.2) is 19.7 Å². The number of nitrogens with one attached hydrogen (secondary N) is 1. The molecule has 3 N–H and O–H groups in total. The summed E-state index contributed by atoms with van der Waals surface area (Å²) >= 11 is 0. The molecule has 30 heavy (non-hydrogen) atoms. The van der Waals surface area contributed by atoms with Gasteiger partial charge in [0.15, 0.2) is 0 Å². The van der Waals surface area contributed by atoms with E-state index in [1.54, 1.807) is 7.11 Å². The third kappa shape index (κ3) is 4.43. The number of rotatable bonds is 7. The molecule has 3 heteroatoms. The smallest absolute Gasteiger partial charge is 0.119 e. The average Bonchev–Trinajstić information content (AvgIpc) is 2.84.